The first-order valence-electron chi connectivity index (χ1n) is 8.46. The van der Waals surface area contributed by atoms with Crippen molar-refractivity contribution in [1.82, 2.24) is 9.80 Å². The molecule has 2 N–H and O–H groups in total. The van der Waals surface area contributed by atoms with Crippen molar-refractivity contribution < 1.29 is 4.74 Å². The van der Waals surface area contributed by atoms with Crippen LogP contribution >= 0.6 is 0 Å². The van der Waals surface area contributed by atoms with E-state index in [2.05, 4.69) is 27.8 Å². The molecule has 0 radical (unpaired) electrons. The molecule has 5 heteroatoms. The third kappa shape index (κ3) is 5.75. The molecule has 0 spiro atoms. The number of piperidine rings is 1. The van der Waals surface area contributed by atoms with Gasteiger partial charge in [-0.15, -0.1) is 0 Å². The minimum Gasteiger partial charge on any atom is -0.492 e. The number of nitrogens with zero attached hydrogens (tertiary/aromatic N) is 3. The molecule has 0 amide bonds. The van der Waals surface area contributed by atoms with Gasteiger partial charge in [0.15, 0.2) is 5.96 Å². The molecule has 2 rings (SSSR count). The number of likely N-dealkylation sites (tertiary alicyclic amines) is 1. The second-order valence-corrected chi connectivity index (χ2v) is 6.63. The highest BCUT2D eigenvalue weighted by atomic mass is 16.5. The Balaban J connectivity index is 1.95. The van der Waals surface area contributed by atoms with Crippen molar-refractivity contribution in [3.63, 3.8) is 0 Å². The molecule has 1 aliphatic heterocycles. The maximum absolute atomic E-state index is 6.18. The molecule has 23 heavy (non-hydrogen) atoms. The van der Waals surface area contributed by atoms with Gasteiger partial charge in [0.25, 0.3) is 0 Å². The van der Waals surface area contributed by atoms with Gasteiger partial charge in [-0.1, -0.05) is 25.1 Å². The standard InChI is InChI=1S/C18H30N4O/c1-15-7-6-10-22(14-15)18(19)20-13-16-8-4-5-9-17(16)23-12-11-21(2)3/h4-5,8-9,15H,6-7,10-14H2,1-3H3,(H2,19,20). The third-order valence-corrected chi connectivity index (χ3v) is 4.16. The number of aliphatic imine (C=N–C) groups is 1. The van der Waals surface area contributed by atoms with E-state index in [1.807, 2.05) is 32.3 Å². The van der Waals surface area contributed by atoms with Crippen LogP contribution in [-0.4, -0.2) is 56.1 Å². The van der Waals surface area contributed by atoms with Gasteiger partial charge in [0.05, 0.1) is 6.54 Å². The zero-order valence-corrected chi connectivity index (χ0v) is 14.7. The molecule has 0 saturated carbocycles. The van der Waals surface area contributed by atoms with Crippen LogP contribution in [0.15, 0.2) is 29.3 Å². The van der Waals surface area contributed by atoms with Crippen LogP contribution in [0, 0.1) is 5.92 Å². The predicted molar refractivity (Wildman–Crippen MR) is 95.8 cm³/mol. The van der Waals surface area contributed by atoms with Gasteiger partial charge in [-0.05, 0) is 38.9 Å². The van der Waals surface area contributed by atoms with Crippen LogP contribution in [0.1, 0.15) is 25.3 Å². The van der Waals surface area contributed by atoms with E-state index in [9.17, 15) is 0 Å². The van der Waals surface area contributed by atoms with Gasteiger partial charge in [-0.2, -0.15) is 0 Å². The van der Waals surface area contributed by atoms with Crippen molar-refractivity contribution in [2.75, 3.05) is 40.3 Å². The van der Waals surface area contributed by atoms with Crippen molar-refractivity contribution >= 4 is 5.96 Å². The van der Waals surface area contributed by atoms with E-state index in [1.54, 1.807) is 0 Å². The van der Waals surface area contributed by atoms with E-state index in [1.165, 1.54) is 12.8 Å². The largest absolute Gasteiger partial charge is 0.492 e. The molecule has 128 valence electrons. The Hall–Kier alpha value is -1.75. The monoisotopic (exact) mass is 318 g/mol. The van der Waals surface area contributed by atoms with Crippen LogP contribution < -0.4 is 10.5 Å². The number of hydrogen-bond acceptors (Lipinski definition) is 3. The number of likely N-dealkylation sites (N-methyl/N-ethyl adjacent to an activating group) is 1. The van der Waals surface area contributed by atoms with Gasteiger partial charge in [-0.3, -0.25) is 0 Å². The number of guanidine groups is 1. The number of para-hydroxylation sites is 1. The van der Waals surface area contributed by atoms with Gasteiger partial charge < -0.3 is 20.3 Å². The second kappa shape index (κ2) is 8.77. The average molecular weight is 318 g/mol. The van der Waals surface area contributed by atoms with Crippen molar-refractivity contribution in [3.8, 4) is 5.75 Å². The first-order chi connectivity index (χ1) is 11.1. The average Bonchev–Trinajstić information content (AvgIpc) is 2.53. The second-order valence-electron chi connectivity index (χ2n) is 6.63. The van der Waals surface area contributed by atoms with Crippen molar-refractivity contribution in [1.29, 1.82) is 0 Å². The summed E-state index contributed by atoms with van der Waals surface area (Å²) in [6, 6.07) is 8.07. The summed E-state index contributed by atoms with van der Waals surface area (Å²) in [4.78, 5) is 8.89. The van der Waals surface area contributed by atoms with Crippen LogP contribution in [0.2, 0.25) is 0 Å². The first kappa shape index (κ1) is 17.6. The Kier molecular flexibility index (Phi) is 6.71. The molecule has 1 fully saturated rings. The summed E-state index contributed by atoms with van der Waals surface area (Å²) < 4.78 is 5.88. The Bertz CT molecular complexity index is 515. The number of nitrogens with two attached hydrogens (primary N) is 1. The summed E-state index contributed by atoms with van der Waals surface area (Å²) in [6.45, 7) is 6.43. The molecule has 1 aliphatic rings. The summed E-state index contributed by atoms with van der Waals surface area (Å²) in [6.07, 6.45) is 2.48. The summed E-state index contributed by atoms with van der Waals surface area (Å²) in [5, 5.41) is 0. The summed E-state index contributed by atoms with van der Waals surface area (Å²) in [5.41, 5.74) is 7.26. The minimum absolute atomic E-state index is 0.564. The summed E-state index contributed by atoms with van der Waals surface area (Å²) in [5.74, 6) is 2.25. The fourth-order valence-corrected chi connectivity index (χ4v) is 2.78. The predicted octanol–water partition coefficient (Wildman–Crippen LogP) is 2.17. The van der Waals surface area contributed by atoms with Crippen molar-refractivity contribution in [3.05, 3.63) is 29.8 Å². The van der Waals surface area contributed by atoms with Crippen LogP contribution in [0.4, 0.5) is 0 Å². The molecule has 1 atom stereocenters. The van der Waals surface area contributed by atoms with Gasteiger partial charge in [-0.25, -0.2) is 4.99 Å². The zero-order valence-electron chi connectivity index (χ0n) is 14.7. The lowest BCUT2D eigenvalue weighted by molar-refractivity contribution is 0.259. The first-order valence-corrected chi connectivity index (χ1v) is 8.46. The number of benzene rings is 1. The molecular formula is C18H30N4O. The van der Waals surface area contributed by atoms with Crippen molar-refractivity contribution in [2.45, 2.75) is 26.3 Å². The fraction of sp³-hybridized carbons (Fsp3) is 0.611. The number of hydrogen-bond donors (Lipinski definition) is 1. The Morgan fingerprint density at radius 3 is 2.91 bits per heavy atom. The lowest BCUT2D eigenvalue weighted by atomic mass is 10.0. The van der Waals surface area contributed by atoms with E-state index >= 15 is 0 Å². The van der Waals surface area contributed by atoms with Gasteiger partial charge in [0.2, 0.25) is 0 Å². The van der Waals surface area contributed by atoms with E-state index in [0.29, 0.717) is 25.0 Å². The zero-order chi connectivity index (χ0) is 16.7. The van der Waals surface area contributed by atoms with Crippen LogP contribution in [0.3, 0.4) is 0 Å². The Morgan fingerprint density at radius 2 is 2.17 bits per heavy atom. The van der Waals surface area contributed by atoms with Gasteiger partial charge in [0, 0.05) is 25.2 Å². The van der Waals surface area contributed by atoms with Crippen molar-refractivity contribution in [2.24, 2.45) is 16.6 Å². The minimum atomic E-state index is 0.564. The number of rotatable bonds is 6. The highest BCUT2D eigenvalue weighted by molar-refractivity contribution is 5.78. The molecule has 1 aromatic rings. The molecule has 1 heterocycles. The van der Waals surface area contributed by atoms with Crippen LogP contribution in [-0.2, 0) is 6.54 Å². The summed E-state index contributed by atoms with van der Waals surface area (Å²) >= 11 is 0. The SMILES string of the molecule is CC1CCCN(C(N)=NCc2ccccc2OCCN(C)C)C1. The molecule has 1 unspecified atom stereocenters. The third-order valence-electron chi connectivity index (χ3n) is 4.16. The molecule has 0 bridgehead atoms. The number of ether oxygens (including phenoxy) is 1. The van der Waals surface area contributed by atoms with E-state index < -0.39 is 0 Å². The normalized spacial score (nSPS) is 19.2. The Labute approximate surface area is 140 Å². The Morgan fingerprint density at radius 1 is 1.39 bits per heavy atom. The van der Waals surface area contributed by atoms with Crippen LogP contribution in [0.25, 0.3) is 0 Å². The van der Waals surface area contributed by atoms with Crippen LogP contribution in [0.5, 0.6) is 5.75 Å². The highest BCUT2D eigenvalue weighted by Gasteiger charge is 2.17. The van der Waals surface area contributed by atoms with E-state index in [4.69, 9.17) is 10.5 Å². The maximum atomic E-state index is 6.18. The molecule has 1 saturated heterocycles. The lowest BCUT2D eigenvalue weighted by Crippen LogP contribution is -2.43. The smallest absolute Gasteiger partial charge is 0.191 e. The fourth-order valence-electron chi connectivity index (χ4n) is 2.78. The molecule has 0 aromatic heterocycles. The lowest BCUT2D eigenvalue weighted by Gasteiger charge is -2.31. The molecule has 5 nitrogen and oxygen atoms in total. The highest BCUT2D eigenvalue weighted by Crippen LogP contribution is 2.19. The maximum Gasteiger partial charge on any atom is 0.191 e. The summed E-state index contributed by atoms with van der Waals surface area (Å²) in [7, 11) is 4.08. The molecule has 0 aliphatic carbocycles. The van der Waals surface area contributed by atoms with E-state index in [0.717, 1.165) is 30.9 Å². The molecule has 1 aromatic carbocycles. The topological polar surface area (TPSA) is 54.1 Å². The van der Waals surface area contributed by atoms with Gasteiger partial charge >= 0.3 is 0 Å². The quantitative estimate of drug-likeness (QED) is 0.645. The van der Waals surface area contributed by atoms with E-state index in [-0.39, 0.29) is 0 Å². The molecular weight excluding hydrogens is 288 g/mol. The van der Waals surface area contributed by atoms with Gasteiger partial charge in [0.1, 0.15) is 12.4 Å².